The smallest absolute Gasteiger partial charge is 0.133 e. The summed E-state index contributed by atoms with van der Waals surface area (Å²) >= 11 is 4.80. The van der Waals surface area contributed by atoms with Crippen molar-refractivity contribution < 1.29 is 4.74 Å². The molecular weight excluding hydrogens is 300 g/mol. The predicted molar refractivity (Wildman–Crippen MR) is 71.3 cm³/mol. The quantitative estimate of drug-likeness (QED) is 0.848. The van der Waals surface area contributed by atoms with E-state index in [-0.39, 0.29) is 0 Å². The molecule has 1 aromatic carbocycles. The number of hydrogen-bond donors (Lipinski definition) is 0. The van der Waals surface area contributed by atoms with Gasteiger partial charge in [0.15, 0.2) is 0 Å². The van der Waals surface area contributed by atoms with E-state index in [1.807, 2.05) is 25.1 Å². The zero-order chi connectivity index (χ0) is 12.4. The maximum Gasteiger partial charge on any atom is 0.133 e. The standard InChI is InChI=1S/C12H9BrN2OS/c1-7-15-12(11(6-14)17-7)9-5-8(13)3-4-10(9)16-2/h3-5H,1-2H3. The van der Waals surface area contributed by atoms with Crippen molar-refractivity contribution in [3.05, 3.63) is 32.6 Å². The molecule has 0 unspecified atom stereocenters. The van der Waals surface area contributed by atoms with Crippen LogP contribution in [-0.2, 0) is 0 Å². The number of halogens is 1. The molecule has 2 rings (SSSR count). The molecule has 0 spiro atoms. The topological polar surface area (TPSA) is 45.9 Å². The van der Waals surface area contributed by atoms with Crippen LogP contribution >= 0.6 is 27.3 Å². The SMILES string of the molecule is COc1ccc(Br)cc1-c1nc(C)sc1C#N. The minimum absolute atomic E-state index is 0.610. The van der Waals surface area contributed by atoms with Crippen LogP contribution in [0.1, 0.15) is 9.88 Å². The first-order valence-corrected chi connectivity index (χ1v) is 6.48. The normalized spacial score (nSPS) is 10.0. The lowest BCUT2D eigenvalue weighted by Gasteiger charge is -2.06. The molecule has 0 atom stereocenters. The van der Waals surface area contributed by atoms with Crippen LogP contribution in [0.5, 0.6) is 5.75 Å². The maximum absolute atomic E-state index is 9.09. The Bertz CT molecular complexity index is 601. The molecule has 0 saturated carbocycles. The number of aromatic nitrogens is 1. The molecule has 5 heteroatoms. The summed E-state index contributed by atoms with van der Waals surface area (Å²) in [6.07, 6.45) is 0. The highest BCUT2D eigenvalue weighted by atomic mass is 79.9. The fraction of sp³-hybridized carbons (Fsp3) is 0.167. The lowest BCUT2D eigenvalue weighted by molar-refractivity contribution is 0.416. The molecule has 3 nitrogen and oxygen atoms in total. The Morgan fingerprint density at radius 3 is 2.88 bits per heavy atom. The molecule has 0 aliphatic rings. The van der Waals surface area contributed by atoms with E-state index in [1.165, 1.54) is 11.3 Å². The number of benzene rings is 1. The van der Waals surface area contributed by atoms with Crippen molar-refractivity contribution in [2.24, 2.45) is 0 Å². The van der Waals surface area contributed by atoms with Gasteiger partial charge in [0, 0.05) is 10.0 Å². The van der Waals surface area contributed by atoms with Crippen LogP contribution in [0, 0.1) is 18.3 Å². The molecule has 86 valence electrons. The number of hydrogen-bond acceptors (Lipinski definition) is 4. The molecule has 0 N–H and O–H groups in total. The average molecular weight is 309 g/mol. The molecule has 2 aromatic rings. The van der Waals surface area contributed by atoms with Crippen molar-refractivity contribution >= 4 is 27.3 Å². The summed E-state index contributed by atoms with van der Waals surface area (Å²) in [5.41, 5.74) is 1.52. The minimum Gasteiger partial charge on any atom is -0.496 e. The van der Waals surface area contributed by atoms with Crippen molar-refractivity contribution in [2.75, 3.05) is 7.11 Å². The van der Waals surface area contributed by atoms with Crippen LogP contribution in [0.25, 0.3) is 11.3 Å². The molecule has 0 aliphatic heterocycles. The van der Waals surface area contributed by atoms with Crippen LogP contribution < -0.4 is 4.74 Å². The maximum atomic E-state index is 9.09. The summed E-state index contributed by atoms with van der Waals surface area (Å²) in [6.45, 7) is 1.89. The molecule has 17 heavy (non-hydrogen) atoms. The van der Waals surface area contributed by atoms with Crippen LogP contribution in [0.15, 0.2) is 22.7 Å². The van der Waals surface area contributed by atoms with Gasteiger partial charge in [0.05, 0.1) is 12.1 Å². The highest BCUT2D eigenvalue weighted by Crippen LogP contribution is 2.35. The number of rotatable bonds is 2. The first-order valence-electron chi connectivity index (χ1n) is 4.87. The molecule has 0 bridgehead atoms. The molecule has 0 radical (unpaired) electrons. The number of ether oxygens (including phenoxy) is 1. The van der Waals surface area contributed by atoms with E-state index < -0.39 is 0 Å². The second kappa shape index (κ2) is 4.86. The van der Waals surface area contributed by atoms with E-state index >= 15 is 0 Å². The van der Waals surface area contributed by atoms with Gasteiger partial charge in [-0.1, -0.05) is 15.9 Å². The highest BCUT2D eigenvalue weighted by molar-refractivity contribution is 9.10. The van der Waals surface area contributed by atoms with E-state index in [0.29, 0.717) is 10.6 Å². The molecule has 0 fully saturated rings. The van der Waals surface area contributed by atoms with Gasteiger partial charge in [0.2, 0.25) is 0 Å². The second-order valence-corrected chi connectivity index (χ2v) is 5.49. The number of methoxy groups -OCH3 is 1. The Balaban J connectivity index is 2.67. The van der Waals surface area contributed by atoms with E-state index in [2.05, 4.69) is 27.0 Å². The number of thiazole rings is 1. The second-order valence-electron chi connectivity index (χ2n) is 3.37. The van der Waals surface area contributed by atoms with Gasteiger partial charge in [-0.2, -0.15) is 5.26 Å². The van der Waals surface area contributed by atoms with E-state index in [1.54, 1.807) is 7.11 Å². The lowest BCUT2D eigenvalue weighted by Crippen LogP contribution is -1.89. The van der Waals surface area contributed by atoms with E-state index in [4.69, 9.17) is 10.00 Å². The predicted octanol–water partition coefficient (Wildman–Crippen LogP) is 3.76. The Morgan fingerprint density at radius 2 is 2.24 bits per heavy atom. The first kappa shape index (κ1) is 12.1. The third kappa shape index (κ3) is 2.33. The van der Waals surface area contributed by atoms with Crippen molar-refractivity contribution in [2.45, 2.75) is 6.92 Å². The number of aryl methyl sites for hydroxylation is 1. The molecule has 1 aromatic heterocycles. The molecular formula is C12H9BrN2OS. The summed E-state index contributed by atoms with van der Waals surface area (Å²) in [6, 6.07) is 7.83. The first-order chi connectivity index (χ1) is 8.15. The summed E-state index contributed by atoms with van der Waals surface area (Å²) in [5.74, 6) is 0.718. The van der Waals surface area contributed by atoms with Gasteiger partial charge >= 0.3 is 0 Å². The van der Waals surface area contributed by atoms with Gasteiger partial charge in [-0.3, -0.25) is 0 Å². The minimum atomic E-state index is 0.610. The monoisotopic (exact) mass is 308 g/mol. The van der Waals surface area contributed by atoms with E-state index in [0.717, 1.165) is 20.8 Å². The van der Waals surface area contributed by atoms with Gasteiger partial charge in [-0.15, -0.1) is 11.3 Å². The summed E-state index contributed by atoms with van der Waals surface area (Å²) in [7, 11) is 1.61. The van der Waals surface area contributed by atoms with Crippen molar-refractivity contribution in [3.8, 4) is 23.1 Å². The molecule has 0 saturated heterocycles. The summed E-state index contributed by atoms with van der Waals surface area (Å²) < 4.78 is 6.23. The fourth-order valence-corrected chi connectivity index (χ4v) is 2.64. The van der Waals surface area contributed by atoms with Crippen molar-refractivity contribution in [1.29, 1.82) is 5.26 Å². The average Bonchev–Trinajstić information content (AvgIpc) is 2.70. The van der Waals surface area contributed by atoms with Gasteiger partial charge in [-0.25, -0.2) is 4.98 Å². The molecule has 1 heterocycles. The zero-order valence-electron chi connectivity index (χ0n) is 9.32. The fourth-order valence-electron chi connectivity index (χ4n) is 1.55. The van der Waals surface area contributed by atoms with Gasteiger partial charge in [-0.05, 0) is 25.1 Å². The van der Waals surface area contributed by atoms with Gasteiger partial charge in [0.25, 0.3) is 0 Å². The summed E-state index contributed by atoms with van der Waals surface area (Å²) in [5, 5.41) is 9.97. The van der Waals surface area contributed by atoms with Crippen LogP contribution in [0.4, 0.5) is 0 Å². The van der Waals surface area contributed by atoms with E-state index in [9.17, 15) is 0 Å². The Morgan fingerprint density at radius 1 is 1.47 bits per heavy atom. The highest BCUT2D eigenvalue weighted by Gasteiger charge is 2.15. The molecule has 0 amide bonds. The number of nitriles is 1. The van der Waals surface area contributed by atoms with Gasteiger partial charge < -0.3 is 4.74 Å². The number of nitrogens with zero attached hydrogens (tertiary/aromatic N) is 2. The Kier molecular flexibility index (Phi) is 3.46. The van der Waals surface area contributed by atoms with Crippen molar-refractivity contribution in [3.63, 3.8) is 0 Å². The third-order valence-electron chi connectivity index (χ3n) is 2.25. The Hall–Kier alpha value is -1.38. The van der Waals surface area contributed by atoms with Crippen LogP contribution in [0.3, 0.4) is 0 Å². The van der Waals surface area contributed by atoms with Crippen molar-refractivity contribution in [1.82, 2.24) is 4.98 Å². The van der Waals surface area contributed by atoms with Gasteiger partial charge in [0.1, 0.15) is 22.4 Å². The largest absolute Gasteiger partial charge is 0.496 e. The summed E-state index contributed by atoms with van der Waals surface area (Å²) in [4.78, 5) is 5.01. The van der Waals surface area contributed by atoms with Crippen LogP contribution in [-0.4, -0.2) is 12.1 Å². The van der Waals surface area contributed by atoms with Crippen LogP contribution in [0.2, 0.25) is 0 Å². The third-order valence-corrected chi connectivity index (χ3v) is 3.62. The lowest BCUT2D eigenvalue weighted by atomic mass is 10.1. The molecule has 0 aliphatic carbocycles. The zero-order valence-corrected chi connectivity index (χ0v) is 11.7. The Labute approximate surface area is 112 Å².